The fourth-order valence-corrected chi connectivity index (χ4v) is 8.17. The quantitative estimate of drug-likeness (QED) is 0.190. The smallest absolute Gasteiger partial charge is 0.164 e. The summed E-state index contributed by atoms with van der Waals surface area (Å²) in [6.45, 7) is 0. The van der Waals surface area contributed by atoms with Gasteiger partial charge >= 0.3 is 0 Å². The summed E-state index contributed by atoms with van der Waals surface area (Å²) in [5.74, 6) is 2.23. The van der Waals surface area contributed by atoms with Crippen molar-refractivity contribution in [2.24, 2.45) is 0 Å². The summed E-state index contributed by atoms with van der Waals surface area (Å²) in [5.41, 5.74) is 10.8. The van der Waals surface area contributed by atoms with Crippen molar-refractivity contribution in [3.05, 3.63) is 163 Å². The van der Waals surface area contributed by atoms with E-state index in [-0.39, 0.29) is 0 Å². The Morgan fingerprint density at radius 3 is 2.06 bits per heavy atom. The van der Waals surface area contributed by atoms with Crippen LogP contribution in [0.5, 0.6) is 0 Å². The predicted molar refractivity (Wildman–Crippen MR) is 208 cm³/mol. The van der Waals surface area contributed by atoms with Crippen LogP contribution in [0.1, 0.15) is 17.9 Å². The van der Waals surface area contributed by atoms with Gasteiger partial charge in [0.05, 0.1) is 0 Å². The first-order valence-corrected chi connectivity index (χ1v) is 17.5. The van der Waals surface area contributed by atoms with E-state index in [2.05, 4.69) is 146 Å². The zero-order chi connectivity index (χ0) is 33.5. The fraction of sp³-hybridized carbons (Fsp3) is 0.0426. The van der Waals surface area contributed by atoms with E-state index < -0.39 is 0 Å². The van der Waals surface area contributed by atoms with Gasteiger partial charge in [-0.05, 0) is 86.1 Å². The molecule has 2 aliphatic carbocycles. The van der Waals surface area contributed by atoms with Gasteiger partial charge in [-0.1, -0.05) is 127 Å². The van der Waals surface area contributed by atoms with Crippen molar-refractivity contribution in [2.45, 2.75) is 12.3 Å². The third-order valence-corrected chi connectivity index (χ3v) is 10.6. The summed E-state index contributed by atoms with van der Waals surface area (Å²) >= 11 is 0. The number of nitrogens with zero attached hydrogens (tertiary/aromatic N) is 3. The van der Waals surface area contributed by atoms with Crippen molar-refractivity contribution in [2.75, 3.05) is 0 Å². The Hall–Kier alpha value is -6.65. The molecule has 1 atom stereocenters. The molecule has 0 radical (unpaired) electrons. The highest BCUT2D eigenvalue weighted by Crippen LogP contribution is 2.49. The Kier molecular flexibility index (Phi) is 6.05. The molecule has 1 unspecified atom stereocenters. The Labute approximate surface area is 294 Å². The molecule has 0 N–H and O–H groups in total. The number of hydrogen-bond donors (Lipinski definition) is 0. The van der Waals surface area contributed by atoms with Gasteiger partial charge in [0.2, 0.25) is 0 Å². The van der Waals surface area contributed by atoms with Crippen molar-refractivity contribution in [3.8, 4) is 56.4 Å². The minimum Gasteiger partial charge on any atom is -0.456 e. The van der Waals surface area contributed by atoms with E-state index in [1.807, 2.05) is 12.1 Å². The molecule has 0 bridgehead atoms. The Bertz CT molecular complexity index is 2940. The molecule has 0 fully saturated rings. The molecule has 7 aromatic carbocycles. The first-order chi connectivity index (χ1) is 25.3. The molecule has 11 rings (SSSR count). The summed E-state index contributed by atoms with van der Waals surface area (Å²) in [6, 6.07) is 47.2. The van der Waals surface area contributed by atoms with Crippen LogP contribution >= 0.6 is 0 Å². The average Bonchev–Trinajstić information content (AvgIpc) is 3.74. The van der Waals surface area contributed by atoms with Crippen molar-refractivity contribution in [3.63, 3.8) is 0 Å². The highest BCUT2D eigenvalue weighted by Gasteiger charge is 2.24. The third-order valence-electron chi connectivity index (χ3n) is 10.6. The topological polar surface area (TPSA) is 51.8 Å². The second-order valence-electron chi connectivity index (χ2n) is 13.5. The molecule has 2 aromatic heterocycles. The summed E-state index contributed by atoms with van der Waals surface area (Å²) in [4.78, 5) is 15.8. The van der Waals surface area contributed by atoms with Crippen LogP contribution in [0.4, 0.5) is 0 Å². The normalized spacial score (nSPS) is 14.6. The van der Waals surface area contributed by atoms with E-state index in [1.165, 1.54) is 38.6 Å². The lowest BCUT2D eigenvalue weighted by Crippen LogP contribution is -2.01. The highest BCUT2D eigenvalue weighted by molar-refractivity contribution is 6.18. The number of furan rings is 1. The Morgan fingerprint density at radius 1 is 0.471 bits per heavy atom. The molecular formula is C47H29N3O. The number of benzene rings is 7. The van der Waals surface area contributed by atoms with Crippen LogP contribution in [-0.2, 0) is 0 Å². The molecule has 0 amide bonds. The number of fused-ring (bicyclic) bond motifs is 7. The molecule has 0 saturated carbocycles. The van der Waals surface area contributed by atoms with Crippen molar-refractivity contribution in [1.82, 2.24) is 15.0 Å². The van der Waals surface area contributed by atoms with Gasteiger partial charge in [0, 0.05) is 33.4 Å². The van der Waals surface area contributed by atoms with E-state index in [0.717, 1.165) is 55.8 Å². The second kappa shape index (κ2) is 10.9. The number of rotatable bonds is 4. The monoisotopic (exact) mass is 651 g/mol. The summed E-state index contributed by atoms with van der Waals surface area (Å²) in [7, 11) is 0. The Morgan fingerprint density at radius 2 is 1.20 bits per heavy atom. The summed E-state index contributed by atoms with van der Waals surface area (Å²) < 4.78 is 6.45. The maximum absolute atomic E-state index is 6.45. The molecule has 2 aliphatic rings. The molecule has 0 spiro atoms. The molecule has 4 nitrogen and oxygen atoms in total. The summed E-state index contributed by atoms with van der Waals surface area (Å²) in [6.07, 6.45) is 9.74. The van der Waals surface area contributed by atoms with E-state index in [1.54, 1.807) is 0 Å². The van der Waals surface area contributed by atoms with E-state index in [9.17, 15) is 0 Å². The van der Waals surface area contributed by atoms with Crippen molar-refractivity contribution in [1.29, 1.82) is 0 Å². The van der Waals surface area contributed by atoms with Crippen LogP contribution in [0, 0.1) is 0 Å². The number of allylic oxidation sites excluding steroid dienone is 4. The first-order valence-electron chi connectivity index (χ1n) is 17.5. The molecule has 238 valence electrons. The lowest BCUT2D eigenvalue weighted by atomic mass is 9.91. The molecule has 2 heterocycles. The average molecular weight is 652 g/mol. The van der Waals surface area contributed by atoms with Crippen LogP contribution in [0.3, 0.4) is 0 Å². The third kappa shape index (κ3) is 4.36. The molecule has 0 saturated heterocycles. The molecule has 0 aliphatic heterocycles. The van der Waals surface area contributed by atoms with Gasteiger partial charge in [-0.15, -0.1) is 0 Å². The van der Waals surface area contributed by atoms with E-state index in [4.69, 9.17) is 19.4 Å². The van der Waals surface area contributed by atoms with Crippen LogP contribution in [-0.4, -0.2) is 15.0 Å². The highest BCUT2D eigenvalue weighted by atomic mass is 16.3. The second-order valence-corrected chi connectivity index (χ2v) is 13.5. The van der Waals surface area contributed by atoms with Gasteiger partial charge in [0.25, 0.3) is 0 Å². The largest absolute Gasteiger partial charge is 0.456 e. The zero-order valence-corrected chi connectivity index (χ0v) is 27.5. The lowest BCUT2D eigenvalue weighted by molar-refractivity contribution is 0.668. The predicted octanol–water partition coefficient (Wildman–Crippen LogP) is 12.3. The van der Waals surface area contributed by atoms with Gasteiger partial charge in [0.15, 0.2) is 17.5 Å². The van der Waals surface area contributed by atoms with Crippen LogP contribution in [0.15, 0.2) is 162 Å². The van der Waals surface area contributed by atoms with Gasteiger partial charge in [0.1, 0.15) is 11.2 Å². The minimum absolute atomic E-state index is 0.328. The molecule has 9 aromatic rings. The summed E-state index contributed by atoms with van der Waals surface area (Å²) in [5, 5.41) is 6.78. The maximum atomic E-state index is 6.45. The zero-order valence-electron chi connectivity index (χ0n) is 27.5. The number of hydrogen-bond acceptors (Lipinski definition) is 4. The maximum Gasteiger partial charge on any atom is 0.164 e. The van der Waals surface area contributed by atoms with Crippen LogP contribution < -0.4 is 0 Å². The Balaban J connectivity index is 1.17. The van der Waals surface area contributed by atoms with Gasteiger partial charge in [-0.3, -0.25) is 0 Å². The van der Waals surface area contributed by atoms with Crippen molar-refractivity contribution >= 4 is 43.5 Å². The molecular weight excluding hydrogens is 623 g/mol. The van der Waals surface area contributed by atoms with E-state index >= 15 is 0 Å². The lowest BCUT2D eigenvalue weighted by Gasteiger charge is -2.13. The van der Waals surface area contributed by atoms with Crippen molar-refractivity contribution < 1.29 is 4.42 Å². The molecule has 4 heteroatoms. The van der Waals surface area contributed by atoms with Gasteiger partial charge in [-0.2, -0.15) is 0 Å². The number of aromatic nitrogens is 3. The van der Waals surface area contributed by atoms with Crippen LogP contribution in [0.25, 0.3) is 99.9 Å². The minimum atomic E-state index is 0.328. The standard InChI is InChI=1S/C47H29N3O/c1-2-10-28(11-3-1)31-22-25-41-40(27-31)44-39(18-9-19-42(44)51-41)47-49-45(32-21-20-29-12-4-5-13-30(29)26-32)48-46(50-47)38-24-23-37-34-15-7-6-14-33(34)35-16-8-17-36(38)43(35)37/h1-10,12-28H,11H2. The first kappa shape index (κ1) is 28.2. The van der Waals surface area contributed by atoms with Gasteiger partial charge in [-0.25, -0.2) is 15.0 Å². The fourth-order valence-electron chi connectivity index (χ4n) is 8.17. The van der Waals surface area contributed by atoms with E-state index in [0.29, 0.717) is 23.4 Å². The SMILES string of the molecule is C1=CCC(c2ccc3oc4cccc(-c5nc(-c6ccc7ccccc7c6)nc(-c6ccc7c8c(cccc68)-c6ccccc6-7)n5)c4c3c2)C=C1. The molecule has 51 heavy (non-hydrogen) atoms. The van der Waals surface area contributed by atoms with Gasteiger partial charge < -0.3 is 4.42 Å². The van der Waals surface area contributed by atoms with Crippen LogP contribution in [0.2, 0.25) is 0 Å².